The molecule has 172 valence electrons. The summed E-state index contributed by atoms with van der Waals surface area (Å²) >= 11 is 0. The molecule has 2 aliphatic heterocycles. The minimum atomic E-state index is -4.57. The number of ether oxygens (including phenoxy) is 2. The number of nitrogens with zero attached hydrogens (tertiary/aromatic N) is 5. The molecule has 2 fully saturated rings. The Kier molecular flexibility index (Phi) is 6.50. The number of urea groups is 1. The van der Waals surface area contributed by atoms with Crippen molar-refractivity contribution in [1.29, 1.82) is 0 Å². The highest BCUT2D eigenvalue weighted by Crippen LogP contribution is 2.29. The van der Waals surface area contributed by atoms with Gasteiger partial charge >= 0.3 is 6.03 Å². The maximum Gasteiger partial charge on any atom is 0.321 e. The van der Waals surface area contributed by atoms with Crippen LogP contribution in [-0.4, -0.2) is 91.5 Å². The van der Waals surface area contributed by atoms with E-state index in [-0.39, 0.29) is 22.3 Å². The smallest absolute Gasteiger partial charge is 0.321 e. The van der Waals surface area contributed by atoms with Crippen molar-refractivity contribution < 1.29 is 27.2 Å². The molecule has 0 aliphatic carbocycles. The molecular formula is C19H24N6O6S. The monoisotopic (exact) mass is 464 g/mol. The van der Waals surface area contributed by atoms with E-state index in [0.29, 0.717) is 70.1 Å². The van der Waals surface area contributed by atoms with Gasteiger partial charge in [0.15, 0.2) is 5.82 Å². The van der Waals surface area contributed by atoms with Gasteiger partial charge in [-0.3, -0.25) is 4.55 Å². The summed E-state index contributed by atoms with van der Waals surface area (Å²) in [6, 6.07) is 3.72. The molecule has 0 saturated carbocycles. The number of carbonyl (C=O) groups excluding carboxylic acids is 1. The number of amides is 2. The van der Waals surface area contributed by atoms with Crippen LogP contribution in [0, 0.1) is 6.92 Å². The Morgan fingerprint density at radius 1 is 1.03 bits per heavy atom. The van der Waals surface area contributed by atoms with Crippen LogP contribution in [0.2, 0.25) is 0 Å². The number of morpholine rings is 2. The van der Waals surface area contributed by atoms with Crippen LogP contribution in [0.25, 0.3) is 11.4 Å². The summed E-state index contributed by atoms with van der Waals surface area (Å²) in [5.74, 6) is 0.856. The second kappa shape index (κ2) is 9.32. The molecule has 3 heterocycles. The number of benzene rings is 1. The molecule has 2 aliphatic rings. The lowest BCUT2D eigenvalue weighted by atomic mass is 10.2. The molecule has 0 spiro atoms. The van der Waals surface area contributed by atoms with Crippen LogP contribution in [-0.2, 0) is 19.6 Å². The summed E-state index contributed by atoms with van der Waals surface area (Å²) in [5, 5.41) is 2.75. The summed E-state index contributed by atoms with van der Waals surface area (Å²) in [6.45, 7) is 5.72. The van der Waals surface area contributed by atoms with Crippen molar-refractivity contribution in [3.8, 4) is 11.4 Å². The first-order valence-corrected chi connectivity index (χ1v) is 11.6. The van der Waals surface area contributed by atoms with Crippen molar-refractivity contribution in [2.24, 2.45) is 0 Å². The fourth-order valence-corrected chi connectivity index (χ4v) is 4.14. The lowest BCUT2D eigenvalue weighted by Gasteiger charge is -2.27. The van der Waals surface area contributed by atoms with Crippen LogP contribution in [0.15, 0.2) is 23.1 Å². The van der Waals surface area contributed by atoms with E-state index in [1.165, 1.54) is 18.2 Å². The van der Waals surface area contributed by atoms with Gasteiger partial charge in [-0.25, -0.2) is 9.78 Å². The molecule has 2 N–H and O–H groups in total. The van der Waals surface area contributed by atoms with Crippen LogP contribution in [0.3, 0.4) is 0 Å². The van der Waals surface area contributed by atoms with Gasteiger partial charge in [-0.05, 0) is 25.1 Å². The van der Waals surface area contributed by atoms with Gasteiger partial charge in [0, 0.05) is 37.4 Å². The van der Waals surface area contributed by atoms with E-state index >= 15 is 0 Å². The highest BCUT2D eigenvalue weighted by molar-refractivity contribution is 7.86. The molecule has 32 heavy (non-hydrogen) atoms. The summed E-state index contributed by atoms with van der Waals surface area (Å²) in [7, 11) is -4.57. The molecule has 2 amide bonds. The number of hydrogen-bond donors (Lipinski definition) is 2. The van der Waals surface area contributed by atoms with Gasteiger partial charge in [0.1, 0.15) is 10.7 Å². The third-order valence-corrected chi connectivity index (χ3v) is 5.99. The molecule has 13 heteroatoms. The first-order chi connectivity index (χ1) is 15.3. The highest BCUT2D eigenvalue weighted by atomic mass is 32.2. The third kappa shape index (κ3) is 5.12. The fourth-order valence-electron chi connectivity index (χ4n) is 3.47. The van der Waals surface area contributed by atoms with Crippen LogP contribution in [0.1, 0.15) is 5.82 Å². The predicted molar refractivity (Wildman–Crippen MR) is 114 cm³/mol. The Morgan fingerprint density at radius 2 is 1.69 bits per heavy atom. The number of hydrogen-bond acceptors (Lipinski definition) is 9. The Morgan fingerprint density at radius 3 is 2.34 bits per heavy atom. The molecule has 0 unspecified atom stereocenters. The normalized spacial score (nSPS) is 17.3. The summed E-state index contributed by atoms with van der Waals surface area (Å²) < 4.78 is 44.4. The first kappa shape index (κ1) is 22.3. The SMILES string of the molecule is Cc1nc(-c2cc(NC(=O)N3CCOCC3)ccc2S(=O)(=O)O)nc(N2CCOCC2)n1. The van der Waals surface area contributed by atoms with Crippen molar-refractivity contribution in [2.45, 2.75) is 11.8 Å². The Balaban J connectivity index is 1.70. The van der Waals surface area contributed by atoms with Crippen molar-refractivity contribution >= 4 is 27.8 Å². The summed E-state index contributed by atoms with van der Waals surface area (Å²) in [4.78, 5) is 28.8. The molecule has 0 radical (unpaired) electrons. The average molecular weight is 465 g/mol. The van der Waals surface area contributed by atoms with E-state index in [1.54, 1.807) is 11.8 Å². The molecule has 1 aromatic carbocycles. The van der Waals surface area contributed by atoms with Crippen molar-refractivity contribution in [3.05, 3.63) is 24.0 Å². The Hall–Kier alpha value is -2.87. The fraction of sp³-hybridized carbons (Fsp3) is 0.474. The quantitative estimate of drug-likeness (QED) is 0.623. The minimum Gasteiger partial charge on any atom is -0.378 e. The molecule has 12 nitrogen and oxygen atoms in total. The number of nitrogens with one attached hydrogen (secondary N) is 1. The maximum atomic E-state index is 12.5. The molecule has 0 atom stereocenters. The van der Waals surface area contributed by atoms with Crippen LogP contribution >= 0.6 is 0 Å². The zero-order valence-electron chi connectivity index (χ0n) is 17.5. The Bertz CT molecular complexity index is 1100. The minimum absolute atomic E-state index is 0.0623. The molecular weight excluding hydrogens is 440 g/mol. The van der Waals surface area contributed by atoms with E-state index in [4.69, 9.17) is 9.47 Å². The van der Waals surface area contributed by atoms with Crippen molar-refractivity contribution in [3.63, 3.8) is 0 Å². The number of rotatable bonds is 4. The van der Waals surface area contributed by atoms with Gasteiger partial charge in [0.2, 0.25) is 5.95 Å². The van der Waals surface area contributed by atoms with Gasteiger partial charge in [-0.15, -0.1) is 0 Å². The Labute approximate surface area is 185 Å². The lowest BCUT2D eigenvalue weighted by molar-refractivity contribution is 0.0564. The largest absolute Gasteiger partial charge is 0.378 e. The van der Waals surface area contributed by atoms with Crippen LogP contribution in [0.4, 0.5) is 16.4 Å². The second-order valence-corrected chi connectivity index (χ2v) is 8.71. The zero-order chi connectivity index (χ0) is 22.7. The van der Waals surface area contributed by atoms with Crippen LogP contribution < -0.4 is 10.2 Å². The van der Waals surface area contributed by atoms with E-state index in [2.05, 4.69) is 20.3 Å². The molecule has 0 bridgehead atoms. The summed E-state index contributed by atoms with van der Waals surface area (Å²) in [6.07, 6.45) is 0. The van der Waals surface area contributed by atoms with Gasteiger partial charge < -0.3 is 24.6 Å². The number of carbonyl (C=O) groups is 1. The third-order valence-electron chi connectivity index (χ3n) is 5.08. The van der Waals surface area contributed by atoms with E-state index in [9.17, 15) is 17.8 Å². The predicted octanol–water partition coefficient (Wildman–Crippen LogP) is 0.794. The lowest BCUT2D eigenvalue weighted by Crippen LogP contribution is -2.43. The number of anilines is 2. The van der Waals surface area contributed by atoms with E-state index in [1.807, 2.05) is 4.90 Å². The van der Waals surface area contributed by atoms with Gasteiger partial charge in [0.25, 0.3) is 10.1 Å². The molecule has 1 aromatic heterocycles. The van der Waals surface area contributed by atoms with Gasteiger partial charge in [-0.2, -0.15) is 18.4 Å². The standard InChI is InChI=1S/C19H24N6O6S/c1-13-20-17(23-18(21-13)24-4-8-30-9-5-24)15-12-14(2-3-16(15)32(27,28)29)22-19(26)25-6-10-31-11-7-25/h2-3,12H,4-11H2,1H3,(H,22,26)(H,27,28,29). The van der Waals surface area contributed by atoms with Crippen molar-refractivity contribution in [1.82, 2.24) is 19.9 Å². The average Bonchev–Trinajstić information content (AvgIpc) is 2.79. The van der Waals surface area contributed by atoms with Gasteiger partial charge in [0.05, 0.1) is 26.4 Å². The van der Waals surface area contributed by atoms with E-state index in [0.717, 1.165) is 0 Å². The second-order valence-electron chi connectivity index (χ2n) is 7.32. The van der Waals surface area contributed by atoms with Crippen LogP contribution in [0.5, 0.6) is 0 Å². The number of aromatic nitrogens is 3. The number of aryl methyl sites for hydroxylation is 1. The zero-order valence-corrected chi connectivity index (χ0v) is 18.3. The molecule has 2 aromatic rings. The molecule has 4 rings (SSSR count). The van der Waals surface area contributed by atoms with Crippen molar-refractivity contribution in [2.75, 3.05) is 62.8 Å². The summed E-state index contributed by atoms with van der Waals surface area (Å²) in [5.41, 5.74) is 0.405. The maximum absolute atomic E-state index is 12.5. The van der Waals surface area contributed by atoms with E-state index < -0.39 is 10.1 Å². The van der Waals surface area contributed by atoms with Gasteiger partial charge in [-0.1, -0.05) is 0 Å². The topological polar surface area (TPSA) is 147 Å². The first-order valence-electron chi connectivity index (χ1n) is 10.1. The molecule has 2 saturated heterocycles. The highest BCUT2D eigenvalue weighted by Gasteiger charge is 2.23.